The van der Waals surface area contributed by atoms with E-state index in [-0.39, 0.29) is 5.91 Å². The normalized spacial score (nSPS) is 17.8. The van der Waals surface area contributed by atoms with Crippen molar-refractivity contribution in [1.82, 2.24) is 10.2 Å². The van der Waals surface area contributed by atoms with Gasteiger partial charge in [-0.05, 0) is 29.7 Å². The highest BCUT2D eigenvalue weighted by Crippen LogP contribution is 2.15. The van der Waals surface area contributed by atoms with Gasteiger partial charge in [0.05, 0.1) is 0 Å². The van der Waals surface area contributed by atoms with Gasteiger partial charge in [0, 0.05) is 44.8 Å². The molecule has 0 spiro atoms. The minimum absolute atomic E-state index is 0.0367. The Morgan fingerprint density at radius 1 is 1.08 bits per heavy atom. The number of nitrogens with one attached hydrogen (secondary N) is 2. The van der Waals surface area contributed by atoms with E-state index in [0.29, 0.717) is 6.04 Å². The monoisotopic (exact) mass is 323 g/mol. The molecule has 24 heavy (non-hydrogen) atoms. The molecule has 1 saturated heterocycles. The first kappa shape index (κ1) is 16.7. The van der Waals surface area contributed by atoms with Crippen LogP contribution in [0.3, 0.4) is 0 Å². The second-order valence-corrected chi connectivity index (χ2v) is 6.47. The second-order valence-electron chi connectivity index (χ2n) is 6.47. The van der Waals surface area contributed by atoms with Crippen molar-refractivity contribution in [3.8, 4) is 0 Å². The fraction of sp³-hybridized carbons (Fsp3) is 0.350. The van der Waals surface area contributed by atoms with Gasteiger partial charge in [0.1, 0.15) is 0 Å². The summed E-state index contributed by atoms with van der Waals surface area (Å²) in [6.07, 6.45) is 1.19. The molecule has 1 fully saturated rings. The minimum Gasteiger partial charge on any atom is -0.326 e. The number of carbonyl (C=O) groups is 1. The maximum absolute atomic E-state index is 11.0. The zero-order valence-electron chi connectivity index (χ0n) is 14.2. The molecule has 126 valence electrons. The van der Waals surface area contributed by atoms with Crippen LogP contribution in [0.4, 0.5) is 5.69 Å². The van der Waals surface area contributed by atoms with Gasteiger partial charge >= 0.3 is 0 Å². The predicted octanol–water partition coefficient (Wildman–Crippen LogP) is 3.01. The number of amides is 1. The number of rotatable bonds is 6. The van der Waals surface area contributed by atoms with Crippen molar-refractivity contribution >= 4 is 11.6 Å². The van der Waals surface area contributed by atoms with Gasteiger partial charge in [-0.2, -0.15) is 0 Å². The summed E-state index contributed by atoms with van der Waals surface area (Å²) in [5.74, 6) is -0.0367. The van der Waals surface area contributed by atoms with Crippen LogP contribution in [0.15, 0.2) is 54.6 Å². The highest BCUT2D eigenvalue weighted by atomic mass is 16.1. The summed E-state index contributed by atoms with van der Waals surface area (Å²) in [6, 6.07) is 19.2. The fourth-order valence-corrected chi connectivity index (χ4v) is 3.16. The number of hydrogen-bond acceptors (Lipinski definition) is 3. The lowest BCUT2D eigenvalue weighted by Crippen LogP contribution is -2.31. The summed E-state index contributed by atoms with van der Waals surface area (Å²) in [5, 5.41) is 6.44. The SMILES string of the molecule is CC(=O)Nc1ccc(CN[C@@H]2CCN(Cc3ccccc3)C2)cc1. The third kappa shape index (κ3) is 4.91. The van der Waals surface area contributed by atoms with E-state index in [9.17, 15) is 4.79 Å². The second kappa shape index (κ2) is 8.08. The zero-order valence-corrected chi connectivity index (χ0v) is 14.2. The summed E-state index contributed by atoms with van der Waals surface area (Å²) in [6.45, 7) is 5.66. The van der Waals surface area contributed by atoms with Gasteiger partial charge in [-0.25, -0.2) is 0 Å². The van der Waals surface area contributed by atoms with Gasteiger partial charge in [0.15, 0.2) is 0 Å². The molecule has 1 aliphatic heterocycles. The summed E-state index contributed by atoms with van der Waals surface area (Å²) < 4.78 is 0. The van der Waals surface area contributed by atoms with Crippen LogP contribution >= 0.6 is 0 Å². The molecule has 2 aromatic rings. The van der Waals surface area contributed by atoms with Crippen molar-refractivity contribution in [3.05, 3.63) is 65.7 Å². The third-order valence-corrected chi connectivity index (χ3v) is 4.39. The van der Waals surface area contributed by atoms with E-state index >= 15 is 0 Å². The topological polar surface area (TPSA) is 44.4 Å². The lowest BCUT2D eigenvalue weighted by Gasteiger charge is -2.17. The molecule has 0 unspecified atom stereocenters. The fourth-order valence-electron chi connectivity index (χ4n) is 3.16. The molecule has 2 N–H and O–H groups in total. The Balaban J connectivity index is 1.43. The standard InChI is InChI=1S/C20H25N3O/c1-16(24)22-19-9-7-17(8-10-19)13-21-20-11-12-23(15-20)14-18-5-3-2-4-6-18/h2-10,20-21H,11-15H2,1H3,(H,22,24)/t20-/m1/s1. The largest absolute Gasteiger partial charge is 0.326 e. The molecule has 4 heteroatoms. The van der Waals surface area contributed by atoms with E-state index in [1.165, 1.54) is 24.5 Å². The molecule has 0 radical (unpaired) electrons. The van der Waals surface area contributed by atoms with Gasteiger partial charge in [-0.3, -0.25) is 9.69 Å². The molecule has 1 aliphatic rings. The number of hydrogen-bond donors (Lipinski definition) is 2. The van der Waals surface area contributed by atoms with Crippen molar-refractivity contribution < 1.29 is 4.79 Å². The number of carbonyl (C=O) groups excluding carboxylic acids is 1. The maximum atomic E-state index is 11.0. The molecular formula is C20H25N3O. The van der Waals surface area contributed by atoms with Crippen molar-refractivity contribution in [2.45, 2.75) is 32.5 Å². The van der Waals surface area contributed by atoms with Gasteiger partial charge in [-0.1, -0.05) is 42.5 Å². The lowest BCUT2D eigenvalue weighted by atomic mass is 10.2. The van der Waals surface area contributed by atoms with Gasteiger partial charge < -0.3 is 10.6 Å². The van der Waals surface area contributed by atoms with Crippen LogP contribution < -0.4 is 10.6 Å². The highest BCUT2D eigenvalue weighted by Gasteiger charge is 2.21. The number of nitrogens with zero attached hydrogens (tertiary/aromatic N) is 1. The molecule has 0 bridgehead atoms. The molecular weight excluding hydrogens is 298 g/mol. The molecule has 1 amide bonds. The number of benzene rings is 2. The van der Waals surface area contributed by atoms with Gasteiger partial charge in [0.2, 0.25) is 5.91 Å². The van der Waals surface area contributed by atoms with E-state index in [2.05, 4.69) is 58.0 Å². The van der Waals surface area contributed by atoms with Crippen molar-refractivity contribution in [2.24, 2.45) is 0 Å². The van der Waals surface area contributed by atoms with E-state index in [1.807, 2.05) is 12.1 Å². The lowest BCUT2D eigenvalue weighted by molar-refractivity contribution is -0.114. The summed E-state index contributed by atoms with van der Waals surface area (Å²) in [4.78, 5) is 13.5. The van der Waals surface area contributed by atoms with Crippen molar-refractivity contribution in [3.63, 3.8) is 0 Å². The van der Waals surface area contributed by atoms with Crippen LogP contribution in [0.5, 0.6) is 0 Å². The highest BCUT2D eigenvalue weighted by molar-refractivity contribution is 5.88. The Labute approximate surface area is 143 Å². The van der Waals surface area contributed by atoms with E-state index in [1.54, 1.807) is 0 Å². The van der Waals surface area contributed by atoms with Crippen molar-refractivity contribution in [2.75, 3.05) is 18.4 Å². The van der Waals surface area contributed by atoms with Gasteiger partial charge in [-0.15, -0.1) is 0 Å². The van der Waals surface area contributed by atoms with Crippen LogP contribution in [0, 0.1) is 0 Å². The zero-order chi connectivity index (χ0) is 16.8. The Kier molecular flexibility index (Phi) is 5.62. The first-order chi connectivity index (χ1) is 11.7. The molecule has 4 nitrogen and oxygen atoms in total. The molecule has 3 rings (SSSR count). The van der Waals surface area contributed by atoms with Crippen LogP contribution in [0.1, 0.15) is 24.5 Å². The molecule has 0 aliphatic carbocycles. The van der Waals surface area contributed by atoms with E-state index < -0.39 is 0 Å². The average molecular weight is 323 g/mol. The van der Waals surface area contributed by atoms with Crippen LogP contribution in [0.25, 0.3) is 0 Å². The quantitative estimate of drug-likeness (QED) is 0.859. The predicted molar refractivity (Wildman–Crippen MR) is 97.7 cm³/mol. The Morgan fingerprint density at radius 3 is 2.54 bits per heavy atom. The molecule has 1 atom stereocenters. The van der Waals surface area contributed by atoms with Crippen molar-refractivity contribution in [1.29, 1.82) is 0 Å². The Bertz CT molecular complexity index is 654. The van der Waals surface area contributed by atoms with Crippen LogP contribution in [0.2, 0.25) is 0 Å². The van der Waals surface area contributed by atoms with Crippen LogP contribution in [-0.4, -0.2) is 29.9 Å². The maximum Gasteiger partial charge on any atom is 0.221 e. The third-order valence-electron chi connectivity index (χ3n) is 4.39. The number of anilines is 1. The molecule has 2 aromatic carbocycles. The van der Waals surface area contributed by atoms with Crippen LogP contribution in [-0.2, 0) is 17.9 Å². The number of likely N-dealkylation sites (tertiary alicyclic amines) is 1. The molecule has 1 heterocycles. The Hall–Kier alpha value is -2.17. The smallest absolute Gasteiger partial charge is 0.221 e. The van der Waals surface area contributed by atoms with E-state index in [4.69, 9.17) is 0 Å². The molecule has 0 saturated carbocycles. The summed E-state index contributed by atoms with van der Waals surface area (Å²) in [7, 11) is 0. The molecule has 0 aromatic heterocycles. The average Bonchev–Trinajstić information content (AvgIpc) is 3.02. The summed E-state index contributed by atoms with van der Waals surface area (Å²) >= 11 is 0. The van der Waals surface area contributed by atoms with Gasteiger partial charge in [0.25, 0.3) is 0 Å². The first-order valence-corrected chi connectivity index (χ1v) is 8.55. The Morgan fingerprint density at radius 2 is 1.83 bits per heavy atom. The van der Waals surface area contributed by atoms with E-state index in [0.717, 1.165) is 31.9 Å². The minimum atomic E-state index is -0.0367. The first-order valence-electron chi connectivity index (χ1n) is 8.55. The summed E-state index contributed by atoms with van der Waals surface area (Å²) in [5.41, 5.74) is 3.47.